The van der Waals surface area contributed by atoms with Crippen LogP contribution in [0.5, 0.6) is 0 Å². The molecule has 230 valence electrons. The highest BCUT2D eigenvalue weighted by Crippen LogP contribution is 2.40. The Hall–Kier alpha value is -1.83. The summed E-state index contributed by atoms with van der Waals surface area (Å²) >= 11 is 0. The number of piperazine rings is 1. The Morgan fingerprint density at radius 1 is 1.15 bits per heavy atom. The molecular weight excluding hydrogens is 525 g/mol. The highest BCUT2D eigenvalue weighted by molar-refractivity contribution is 5.87. The van der Waals surface area contributed by atoms with Gasteiger partial charge in [0.2, 0.25) is 5.91 Å². The second-order valence-electron chi connectivity index (χ2n) is 13.6. The van der Waals surface area contributed by atoms with Crippen molar-refractivity contribution in [1.29, 1.82) is 0 Å². The molecule has 6 heterocycles. The first kappa shape index (κ1) is 29.3. The van der Waals surface area contributed by atoms with Gasteiger partial charge in [0.05, 0.1) is 30.5 Å². The Kier molecular flexibility index (Phi) is 8.34. The molecule has 0 aromatic carbocycles. The van der Waals surface area contributed by atoms with Gasteiger partial charge in [-0.25, -0.2) is 19.6 Å². The number of nitrogens with zero attached hydrogens (tertiary/aromatic N) is 4. The van der Waals surface area contributed by atoms with Crippen LogP contribution in [0.25, 0.3) is 0 Å². The molecule has 6 fully saturated rings. The maximum Gasteiger partial charge on any atom is 0.320 e. The van der Waals surface area contributed by atoms with Gasteiger partial charge in [-0.3, -0.25) is 15.0 Å². The number of amides is 3. The van der Waals surface area contributed by atoms with E-state index in [-0.39, 0.29) is 60.4 Å². The number of carbonyl (C=O) groups excluding carboxylic acids is 2. The van der Waals surface area contributed by atoms with Gasteiger partial charge >= 0.3 is 6.03 Å². The Morgan fingerprint density at radius 3 is 2.71 bits per heavy atom. The number of piperidine rings is 2. The largest absolute Gasteiger partial charge is 0.334 e. The van der Waals surface area contributed by atoms with Gasteiger partial charge in [0.25, 0.3) is 0 Å². The van der Waals surface area contributed by atoms with Crippen molar-refractivity contribution in [2.24, 2.45) is 17.8 Å². The lowest BCUT2D eigenvalue weighted by molar-refractivity contribution is -0.136. The molecule has 9 unspecified atom stereocenters. The summed E-state index contributed by atoms with van der Waals surface area (Å²) < 4.78 is 16.3. The van der Waals surface area contributed by atoms with E-state index in [1.165, 1.54) is 6.08 Å². The summed E-state index contributed by atoms with van der Waals surface area (Å²) in [7, 11) is 0. The fourth-order valence-electron chi connectivity index (χ4n) is 8.83. The summed E-state index contributed by atoms with van der Waals surface area (Å²) in [6.45, 7) is 15.9. The van der Waals surface area contributed by atoms with Crippen molar-refractivity contribution >= 4 is 11.9 Å². The average molecular weight is 576 g/mol. The zero-order valence-electron chi connectivity index (χ0n) is 25.1. The predicted molar refractivity (Wildman–Crippen MR) is 155 cm³/mol. The first-order chi connectivity index (χ1) is 19.7. The molecule has 6 aliphatic heterocycles. The van der Waals surface area contributed by atoms with E-state index >= 15 is 4.39 Å². The van der Waals surface area contributed by atoms with Crippen molar-refractivity contribution in [1.82, 2.24) is 46.6 Å². The van der Waals surface area contributed by atoms with Gasteiger partial charge in [-0.05, 0) is 64.0 Å². The number of halogens is 1. The third-order valence-corrected chi connectivity index (χ3v) is 10.8. The zero-order valence-corrected chi connectivity index (χ0v) is 25.1. The monoisotopic (exact) mass is 575 g/mol. The van der Waals surface area contributed by atoms with Gasteiger partial charge in [0.1, 0.15) is 6.17 Å². The van der Waals surface area contributed by atoms with E-state index in [4.69, 9.17) is 0 Å². The van der Waals surface area contributed by atoms with Crippen LogP contribution in [0, 0.1) is 17.8 Å². The van der Waals surface area contributed by atoms with Crippen LogP contribution in [0.2, 0.25) is 0 Å². The average Bonchev–Trinajstić information content (AvgIpc) is 3.40. The molecule has 0 aromatic heterocycles. The minimum absolute atomic E-state index is 0.0108. The number of hydrogen-bond acceptors (Lipinski definition) is 8. The second-order valence-corrected chi connectivity index (χ2v) is 13.6. The molecule has 0 aromatic rings. The topological polar surface area (TPSA) is 107 Å². The number of hydrazine groups is 2. The summed E-state index contributed by atoms with van der Waals surface area (Å²) in [5.41, 5.74) is 6.54. The minimum Gasteiger partial charge on any atom is -0.334 e. The van der Waals surface area contributed by atoms with E-state index in [1.54, 1.807) is 0 Å². The van der Waals surface area contributed by atoms with E-state index in [2.05, 4.69) is 69.1 Å². The molecule has 11 nitrogen and oxygen atoms in total. The maximum atomic E-state index is 16.3. The summed E-state index contributed by atoms with van der Waals surface area (Å²) in [5, 5.41) is 13.1. The number of hydrogen-bond donors (Lipinski definition) is 5. The molecule has 12 heteroatoms. The van der Waals surface area contributed by atoms with Gasteiger partial charge in [-0.2, -0.15) is 5.53 Å². The zero-order chi connectivity index (χ0) is 29.0. The first-order valence-corrected chi connectivity index (χ1v) is 15.9. The number of nitrogens with one attached hydrogen (secondary N) is 5. The van der Waals surface area contributed by atoms with Crippen LogP contribution in [0.1, 0.15) is 53.4 Å². The number of alkyl halides is 1. The molecule has 5 N–H and O–H groups in total. The smallest absolute Gasteiger partial charge is 0.320 e. The van der Waals surface area contributed by atoms with Crippen LogP contribution in [0.15, 0.2) is 12.7 Å². The summed E-state index contributed by atoms with van der Waals surface area (Å²) in [6.07, 6.45) is 3.14. The molecule has 2 bridgehead atoms. The SMILES string of the molecule is C=CC(=O)N1C[C@H](C)N(C2NC(=O)N3C4NC(C(F)CC42)C2CNNN2CCCC2CCNC(C(C)C)C23)C[C@H]1C. The molecule has 6 rings (SSSR count). The first-order valence-electron chi connectivity index (χ1n) is 15.9. The lowest BCUT2D eigenvalue weighted by Crippen LogP contribution is -2.80. The maximum absolute atomic E-state index is 16.3. The van der Waals surface area contributed by atoms with Gasteiger partial charge in [-0.1, -0.05) is 20.4 Å². The molecule has 6 saturated heterocycles. The van der Waals surface area contributed by atoms with Crippen molar-refractivity contribution in [3.63, 3.8) is 0 Å². The molecule has 0 spiro atoms. The fourth-order valence-corrected chi connectivity index (χ4v) is 8.83. The van der Waals surface area contributed by atoms with Crippen molar-refractivity contribution in [3.8, 4) is 0 Å². The Bertz CT molecular complexity index is 1000. The molecule has 3 amide bonds. The number of fused-ring (bicyclic) bond motifs is 5. The van der Waals surface area contributed by atoms with Crippen molar-refractivity contribution < 1.29 is 14.0 Å². The van der Waals surface area contributed by atoms with E-state index in [9.17, 15) is 9.59 Å². The lowest BCUT2D eigenvalue weighted by Gasteiger charge is -2.60. The van der Waals surface area contributed by atoms with Gasteiger partial charge in [-0.15, -0.1) is 0 Å². The molecule has 0 saturated carbocycles. The van der Waals surface area contributed by atoms with Crippen molar-refractivity contribution in [3.05, 3.63) is 12.7 Å². The van der Waals surface area contributed by atoms with Gasteiger partial charge in [0, 0.05) is 50.2 Å². The number of urea groups is 1. The highest BCUT2D eigenvalue weighted by Gasteiger charge is 2.57. The van der Waals surface area contributed by atoms with E-state index in [0.717, 1.165) is 32.4 Å². The number of rotatable bonds is 3. The predicted octanol–water partition coefficient (Wildman–Crippen LogP) is 0.577. The number of carbonyl (C=O) groups is 2. The quantitative estimate of drug-likeness (QED) is 0.311. The van der Waals surface area contributed by atoms with Gasteiger partial charge < -0.3 is 20.4 Å². The molecule has 0 aliphatic carbocycles. The third kappa shape index (κ3) is 5.18. The second kappa shape index (κ2) is 11.7. The highest BCUT2D eigenvalue weighted by atomic mass is 19.1. The summed E-state index contributed by atoms with van der Waals surface area (Å²) in [6, 6.07) is -0.318. The molecule has 41 heavy (non-hydrogen) atoms. The summed E-state index contributed by atoms with van der Waals surface area (Å²) in [4.78, 5) is 33.1. The Balaban J connectivity index is 1.37. The van der Waals surface area contributed by atoms with Crippen LogP contribution in [0.3, 0.4) is 0 Å². The van der Waals surface area contributed by atoms with Crippen LogP contribution < -0.4 is 26.9 Å². The third-order valence-electron chi connectivity index (χ3n) is 10.8. The molecular formula is C29H50FN9O2. The van der Waals surface area contributed by atoms with Gasteiger partial charge in [0.15, 0.2) is 0 Å². The van der Waals surface area contributed by atoms with Crippen LogP contribution >= 0.6 is 0 Å². The van der Waals surface area contributed by atoms with E-state index in [1.807, 2.05) is 11.8 Å². The van der Waals surface area contributed by atoms with Crippen molar-refractivity contribution in [2.75, 3.05) is 32.7 Å². The Morgan fingerprint density at radius 2 is 1.95 bits per heavy atom. The van der Waals surface area contributed by atoms with Crippen LogP contribution in [-0.2, 0) is 4.79 Å². The normalized spacial score (nSPS) is 44.0. The Labute approximate surface area is 243 Å². The van der Waals surface area contributed by atoms with Crippen LogP contribution in [-0.4, -0.2) is 119 Å². The molecule has 11 atom stereocenters. The van der Waals surface area contributed by atoms with E-state index < -0.39 is 12.2 Å². The van der Waals surface area contributed by atoms with Crippen LogP contribution in [0.4, 0.5) is 9.18 Å². The molecule has 0 radical (unpaired) electrons. The molecule has 6 aliphatic rings. The standard InChI is InChI=1S/C29H50FN9O2/c1-6-23(40)36-14-18(5)37(15-17(36)4)27-20-12-21(30)25-22-13-32-35-38(22)11-7-8-19-9-10-31-24(16(2)3)26(19)39(28(20)33-25)29(41)34-27/h6,16-22,24-28,31-33,35H,1,7-15H2,2-5H3,(H,34,41)/t17-,18+,19?,20?,21?,22?,24?,25?,26?,27?,28?/m1/s1. The minimum atomic E-state index is -1.05. The fraction of sp³-hybridized carbons (Fsp3) is 0.862. The van der Waals surface area contributed by atoms with E-state index in [0.29, 0.717) is 37.9 Å². The lowest BCUT2D eigenvalue weighted by atomic mass is 9.76. The summed E-state index contributed by atoms with van der Waals surface area (Å²) in [5.74, 6) is 0.517. The van der Waals surface area contributed by atoms with Crippen molar-refractivity contribution in [2.45, 2.75) is 108 Å².